The normalized spacial score (nSPS) is 16.2. The van der Waals surface area contributed by atoms with Crippen LogP contribution >= 0.6 is 0 Å². The predicted molar refractivity (Wildman–Crippen MR) is 161 cm³/mol. The van der Waals surface area contributed by atoms with E-state index in [1.165, 1.54) is 0 Å². The fraction of sp³-hybridized carbons (Fsp3) is 0.286. The lowest BCUT2D eigenvalue weighted by molar-refractivity contribution is -0.153. The number of ether oxygens (including phenoxy) is 3. The number of esters is 1. The van der Waals surface area contributed by atoms with Gasteiger partial charge in [0.15, 0.2) is 11.5 Å². The van der Waals surface area contributed by atoms with E-state index in [4.69, 9.17) is 14.2 Å². The highest BCUT2D eigenvalue weighted by Crippen LogP contribution is 2.44. The highest BCUT2D eigenvalue weighted by Gasteiger charge is 2.46. The van der Waals surface area contributed by atoms with Crippen LogP contribution in [0.5, 0.6) is 11.5 Å². The van der Waals surface area contributed by atoms with E-state index in [9.17, 15) is 4.79 Å². The van der Waals surface area contributed by atoms with E-state index >= 15 is 0 Å². The Morgan fingerprint density at radius 3 is 1.80 bits per heavy atom. The summed E-state index contributed by atoms with van der Waals surface area (Å²) in [6.45, 7) is 4.61. The smallest absolute Gasteiger partial charge is 0.324 e. The number of methoxy groups -OCH3 is 2. The van der Waals surface area contributed by atoms with Crippen molar-refractivity contribution in [2.45, 2.75) is 25.0 Å². The van der Waals surface area contributed by atoms with Crippen molar-refractivity contribution < 1.29 is 19.0 Å². The molecule has 1 unspecified atom stereocenters. The van der Waals surface area contributed by atoms with Gasteiger partial charge in [-0.1, -0.05) is 103 Å². The second kappa shape index (κ2) is 13.0. The first-order valence-corrected chi connectivity index (χ1v) is 14.2. The summed E-state index contributed by atoms with van der Waals surface area (Å²) in [5.74, 6) is 1.14. The lowest BCUT2D eigenvalue weighted by Crippen LogP contribution is -2.62. The molecule has 1 aliphatic rings. The molecular formula is C35H38N2O4. The number of carbonyl (C=O) groups is 1. The molecule has 4 aromatic rings. The van der Waals surface area contributed by atoms with Crippen LogP contribution in [0.25, 0.3) is 0 Å². The lowest BCUT2D eigenvalue weighted by Gasteiger charge is -2.51. The average Bonchev–Trinajstić information content (AvgIpc) is 3.03. The number of benzene rings is 4. The van der Waals surface area contributed by atoms with Gasteiger partial charge in [-0.2, -0.15) is 0 Å². The van der Waals surface area contributed by atoms with Crippen LogP contribution in [0.15, 0.2) is 109 Å². The quantitative estimate of drug-likeness (QED) is 0.185. The van der Waals surface area contributed by atoms with Gasteiger partial charge in [0.25, 0.3) is 0 Å². The summed E-state index contributed by atoms with van der Waals surface area (Å²) < 4.78 is 16.9. The van der Waals surface area contributed by atoms with Crippen LogP contribution in [0.1, 0.15) is 29.2 Å². The zero-order valence-electron chi connectivity index (χ0n) is 24.0. The van der Waals surface area contributed by atoms with Crippen molar-refractivity contribution in [2.24, 2.45) is 0 Å². The Morgan fingerprint density at radius 2 is 1.32 bits per heavy atom. The van der Waals surface area contributed by atoms with E-state index < -0.39 is 11.6 Å². The van der Waals surface area contributed by atoms with Crippen LogP contribution < -0.4 is 9.47 Å². The number of hydrogen-bond donors (Lipinski definition) is 0. The van der Waals surface area contributed by atoms with Gasteiger partial charge in [0.2, 0.25) is 0 Å². The summed E-state index contributed by atoms with van der Waals surface area (Å²) in [5, 5.41) is 0. The molecule has 0 N–H and O–H groups in total. The van der Waals surface area contributed by atoms with Crippen LogP contribution in [0, 0.1) is 0 Å². The minimum Gasteiger partial charge on any atom is -0.493 e. The van der Waals surface area contributed by atoms with Gasteiger partial charge < -0.3 is 14.2 Å². The second-order valence-corrected chi connectivity index (χ2v) is 10.1. The minimum absolute atomic E-state index is 0.220. The average molecular weight is 551 g/mol. The van der Waals surface area contributed by atoms with Gasteiger partial charge in [0.05, 0.1) is 26.4 Å². The Morgan fingerprint density at radius 1 is 0.756 bits per heavy atom. The molecule has 41 heavy (non-hydrogen) atoms. The van der Waals surface area contributed by atoms with Crippen LogP contribution in [0.2, 0.25) is 0 Å². The summed E-state index contributed by atoms with van der Waals surface area (Å²) in [4.78, 5) is 18.3. The second-order valence-electron chi connectivity index (χ2n) is 10.1. The van der Waals surface area contributed by atoms with Gasteiger partial charge in [0, 0.05) is 31.7 Å². The van der Waals surface area contributed by atoms with Gasteiger partial charge in [-0.05, 0) is 29.7 Å². The fourth-order valence-electron chi connectivity index (χ4n) is 6.16. The molecule has 0 bridgehead atoms. The first-order valence-electron chi connectivity index (χ1n) is 14.2. The first kappa shape index (κ1) is 28.4. The zero-order valence-corrected chi connectivity index (χ0v) is 24.0. The third kappa shape index (κ3) is 5.58. The molecule has 6 nitrogen and oxygen atoms in total. The molecule has 0 aliphatic carbocycles. The van der Waals surface area contributed by atoms with Gasteiger partial charge in [-0.25, -0.2) is 0 Å². The Hall–Kier alpha value is -4.13. The van der Waals surface area contributed by atoms with E-state index in [2.05, 4.69) is 82.6 Å². The van der Waals surface area contributed by atoms with Crippen molar-refractivity contribution in [2.75, 3.05) is 40.5 Å². The molecule has 6 heteroatoms. The molecule has 0 saturated carbocycles. The fourth-order valence-corrected chi connectivity index (χ4v) is 6.16. The van der Waals surface area contributed by atoms with E-state index in [-0.39, 0.29) is 5.97 Å². The number of piperazine rings is 1. The van der Waals surface area contributed by atoms with Crippen LogP contribution in [0.3, 0.4) is 0 Å². The molecule has 0 aromatic heterocycles. The van der Waals surface area contributed by atoms with Crippen LogP contribution in [-0.4, -0.2) is 62.3 Å². The monoisotopic (exact) mass is 550 g/mol. The van der Waals surface area contributed by atoms with Crippen LogP contribution in [-0.2, 0) is 21.6 Å². The van der Waals surface area contributed by atoms with E-state index in [0.717, 1.165) is 28.8 Å². The number of para-hydroxylation sites is 1. The molecule has 0 spiro atoms. The molecule has 1 saturated heterocycles. The molecule has 1 atom stereocenters. The van der Waals surface area contributed by atoms with E-state index in [1.54, 1.807) is 14.2 Å². The Balaban J connectivity index is 1.61. The van der Waals surface area contributed by atoms with Crippen molar-refractivity contribution >= 4 is 5.97 Å². The van der Waals surface area contributed by atoms with Crippen molar-refractivity contribution in [1.29, 1.82) is 0 Å². The summed E-state index contributed by atoms with van der Waals surface area (Å²) in [5.41, 5.74) is 3.83. The van der Waals surface area contributed by atoms with Gasteiger partial charge in [0.1, 0.15) is 6.04 Å². The molecular weight excluding hydrogens is 512 g/mol. The van der Waals surface area contributed by atoms with Gasteiger partial charge >= 0.3 is 5.97 Å². The Kier molecular flexibility index (Phi) is 9.02. The highest BCUT2D eigenvalue weighted by atomic mass is 16.5. The van der Waals surface area contributed by atoms with Gasteiger partial charge in [-0.3, -0.25) is 14.6 Å². The van der Waals surface area contributed by atoms with Crippen molar-refractivity contribution in [3.63, 3.8) is 0 Å². The number of carbonyl (C=O) groups excluding carboxylic acids is 1. The molecule has 1 aliphatic heterocycles. The van der Waals surface area contributed by atoms with Gasteiger partial charge in [-0.15, -0.1) is 0 Å². The predicted octanol–water partition coefficient (Wildman–Crippen LogP) is 5.75. The minimum atomic E-state index is -0.603. The molecule has 0 radical (unpaired) electrons. The first-order chi connectivity index (χ1) is 20.1. The largest absolute Gasteiger partial charge is 0.493 e. The maximum atomic E-state index is 13.6. The summed E-state index contributed by atoms with van der Waals surface area (Å²) in [6, 6.07) is 37.2. The van der Waals surface area contributed by atoms with Crippen molar-refractivity contribution in [3.05, 3.63) is 131 Å². The van der Waals surface area contributed by atoms with E-state index in [1.807, 2.05) is 43.3 Å². The highest BCUT2D eigenvalue weighted by molar-refractivity contribution is 5.76. The molecule has 0 amide bonds. The standard InChI is InChI=1S/C35H38N2O4/c1-4-41-34(38)31-26-37(24-23-36(31)25-27-15-14-22-32(39-2)33(27)40-3)35(28-16-8-5-9-17-28,29-18-10-6-11-19-29)30-20-12-7-13-21-30/h5-22,31H,4,23-26H2,1-3H3. The SMILES string of the molecule is CCOC(=O)C1CN(C(c2ccccc2)(c2ccccc2)c2ccccc2)CCN1Cc1cccc(OC)c1OC. The summed E-state index contributed by atoms with van der Waals surface area (Å²) >= 11 is 0. The molecule has 212 valence electrons. The van der Waals surface area contributed by atoms with Crippen molar-refractivity contribution in [3.8, 4) is 11.5 Å². The summed E-state index contributed by atoms with van der Waals surface area (Å²) in [6.07, 6.45) is 0. The molecule has 1 heterocycles. The zero-order chi connectivity index (χ0) is 28.7. The maximum Gasteiger partial charge on any atom is 0.324 e. The third-order valence-electron chi connectivity index (χ3n) is 7.96. The number of nitrogens with zero attached hydrogens (tertiary/aromatic N) is 2. The Labute approximate surface area is 243 Å². The summed E-state index contributed by atoms with van der Waals surface area (Å²) in [7, 11) is 3.29. The van der Waals surface area contributed by atoms with Crippen LogP contribution in [0.4, 0.5) is 0 Å². The van der Waals surface area contributed by atoms with Crippen molar-refractivity contribution in [1.82, 2.24) is 9.80 Å². The molecule has 5 rings (SSSR count). The Bertz CT molecular complexity index is 1320. The lowest BCUT2D eigenvalue weighted by atomic mass is 9.75. The number of hydrogen-bond acceptors (Lipinski definition) is 6. The molecule has 1 fully saturated rings. The number of rotatable bonds is 10. The maximum absolute atomic E-state index is 13.6. The van der Waals surface area contributed by atoms with E-state index in [0.29, 0.717) is 37.7 Å². The molecule has 4 aromatic carbocycles. The topological polar surface area (TPSA) is 51.2 Å². The third-order valence-corrected chi connectivity index (χ3v) is 7.96.